The number of benzene rings is 3. The van der Waals surface area contributed by atoms with Crippen LogP contribution in [-0.2, 0) is 9.59 Å². The molecule has 0 aromatic heterocycles. The summed E-state index contributed by atoms with van der Waals surface area (Å²) >= 11 is 8.43. The second-order valence-electron chi connectivity index (χ2n) is 6.49. The van der Waals surface area contributed by atoms with Crippen molar-refractivity contribution in [2.24, 2.45) is 0 Å². The number of hydrogen-bond donors (Lipinski definition) is 3. The van der Waals surface area contributed by atoms with E-state index in [-0.39, 0.29) is 17.6 Å². The molecule has 0 radical (unpaired) electrons. The molecule has 0 saturated carbocycles. The summed E-state index contributed by atoms with van der Waals surface area (Å²) in [7, 11) is 0. The summed E-state index contributed by atoms with van der Waals surface area (Å²) in [5.74, 6) is -0.731. The Morgan fingerprint density at radius 3 is 1.94 bits per heavy atom. The van der Waals surface area contributed by atoms with Crippen LogP contribution in [0.15, 0.2) is 89.4 Å². The maximum absolute atomic E-state index is 12.9. The van der Waals surface area contributed by atoms with Crippen LogP contribution in [0.25, 0.3) is 0 Å². The molecular formula is C23H20BrN3O3S. The molecule has 158 valence electrons. The molecule has 0 aliphatic heterocycles. The molecule has 31 heavy (non-hydrogen) atoms. The van der Waals surface area contributed by atoms with Gasteiger partial charge < -0.3 is 4.74 Å². The Kier molecular flexibility index (Phi) is 8.14. The first-order chi connectivity index (χ1) is 15.0. The molecule has 8 heteroatoms. The van der Waals surface area contributed by atoms with E-state index in [1.807, 2.05) is 72.8 Å². The molecule has 2 amide bonds. The molecule has 3 aromatic rings. The minimum absolute atomic E-state index is 0.0300. The molecule has 0 aliphatic carbocycles. The first-order valence-corrected chi connectivity index (χ1v) is 10.6. The van der Waals surface area contributed by atoms with Crippen molar-refractivity contribution < 1.29 is 14.3 Å². The summed E-state index contributed by atoms with van der Waals surface area (Å²) in [4.78, 5) is 24.9. The summed E-state index contributed by atoms with van der Waals surface area (Å²) in [6.07, 6.45) is 0. The van der Waals surface area contributed by atoms with E-state index in [2.05, 4.69) is 32.1 Å². The summed E-state index contributed by atoms with van der Waals surface area (Å²) < 4.78 is 6.31. The van der Waals surface area contributed by atoms with Gasteiger partial charge in [0.25, 0.3) is 5.91 Å². The van der Waals surface area contributed by atoms with Crippen LogP contribution in [0.5, 0.6) is 5.75 Å². The van der Waals surface area contributed by atoms with Crippen molar-refractivity contribution in [1.82, 2.24) is 16.2 Å². The fourth-order valence-corrected chi connectivity index (χ4v) is 3.28. The van der Waals surface area contributed by atoms with Gasteiger partial charge in [0.05, 0.1) is 5.92 Å². The molecule has 0 unspecified atom stereocenters. The van der Waals surface area contributed by atoms with Gasteiger partial charge in [0.2, 0.25) is 5.91 Å². The number of carbonyl (C=O) groups is 2. The third-order valence-electron chi connectivity index (χ3n) is 4.26. The van der Waals surface area contributed by atoms with Crippen LogP contribution < -0.4 is 20.9 Å². The summed E-state index contributed by atoms with van der Waals surface area (Å²) in [5, 5.41) is 2.44. The molecule has 0 aliphatic rings. The summed E-state index contributed by atoms with van der Waals surface area (Å²) in [6.45, 7) is -0.214. The zero-order valence-electron chi connectivity index (χ0n) is 16.4. The van der Waals surface area contributed by atoms with E-state index in [1.165, 1.54) is 0 Å². The monoisotopic (exact) mass is 497 g/mol. The minimum Gasteiger partial charge on any atom is -0.484 e. The van der Waals surface area contributed by atoms with Crippen LogP contribution in [-0.4, -0.2) is 23.5 Å². The fourth-order valence-electron chi connectivity index (χ4n) is 2.85. The lowest BCUT2D eigenvalue weighted by Gasteiger charge is -2.19. The van der Waals surface area contributed by atoms with Crippen molar-refractivity contribution in [2.45, 2.75) is 5.92 Å². The van der Waals surface area contributed by atoms with Crippen molar-refractivity contribution in [3.63, 3.8) is 0 Å². The molecule has 0 bridgehead atoms. The molecule has 3 N–H and O–H groups in total. The lowest BCUT2D eigenvalue weighted by atomic mass is 9.91. The molecule has 0 heterocycles. The maximum atomic E-state index is 12.9. The van der Waals surface area contributed by atoms with Crippen LogP contribution in [0.4, 0.5) is 0 Å². The van der Waals surface area contributed by atoms with Gasteiger partial charge in [-0.05, 0) is 47.6 Å². The maximum Gasteiger partial charge on any atom is 0.264 e. The van der Waals surface area contributed by atoms with Crippen LogP contribution in [0.2, 0.25) is 0 Å². The molecule has 3 aromatic carbocycles. The zero-order valence-corrected chi connectivity index (χ0v) is 18.8. The normalized spacial score (nSPS) is 10.3. The highest BCUT2D eigenvalue weighted by atomic mass is 79.9. The second kappa shape index (κ2) is 11.2. The lowest BCUT2D eigenvalue weighted by molar-refractivity contribution is -0.123. The van der Waals surface area contributed by atoms with E-state index >= 15 is 0 Å². The number of ether oxygens (including phenoxy) is 1. The lowest BCUT2D eigenvalue weighted by Crippen LogP contribution is -2.50. The highest BCUT2D eigenvalue weighted by molar-refractivity contribution is 9.10. The third kappa shape index (κ3) is 6.91. The Morgan fingerprint density at radius 2 is 1.39 bits per heavy atom. The van der Waals surface area contributed by atoms with Gasteiger partial charge in [-0.15, -0.1) is 0 Å². The average Bonchev–Trinajstić information content (AvgIpc) is 2.79. The Morgan fingerprint density at radius 1 is 0.839 bits per heavy atom. The van der Waals surface area contributed by atoms with Crippen molar-refractivity contribution in [3.8, 4) is 5.75 Å². The van der Waals surface area contributed by atoms with Crippen LogP contribution in [0.1, 0.15) is 17.0 Å². The molecule has 0 spiro atoms. The van der Waals surface area contributed by atoms with Gasteiger partial charge in [-0.3, -0.25) is 25.8 Å². The van der Waals surface area contributed by atoms with Gasteiger partial charge in [0.15, 0.2) is 11.7 Å². The number of rotatable bonds is 6. The number of halogens is 1. The third-order valence-corrected chi connectivity index (χ3v) is 5.00. The van der Waals surface area contributed by atoms with E-state index in [4.69, 9.17) is 17.0 Å². The van der Waals surface area contributed by atoms with Crippen LogP contribution in [0, 0.1) is 0 Å². The predicted molar refractivity (Wildman–Crippen MR) is 126 cm³/mol. The summed E-state index contributed by atoms with van der Waals surface area (Å²) in [5.41, 5.74) is 6.83. The highest BCUT2D eigenvalue weighted by Gasteiger charge is 2.22. The number of thiocarbonyl (C=S) groups is 1. The number of amides is 2. The number of hydrogen-bond acceptors (Lipinski definition) is 4. The van der Waals surface area contributed by atoms with Gasteiger partial charge >= 0.3 is 0 Å². The number of carbonyl (C=O) groups excluding carboxylic acids is 2. The predicted octanol–water partition coefficient (Wildman–Crippen LogP) is 3.68. The topological polar surface area (TPSA) is 79.5 Å². The molecule has 6 nitrogen and oxygen atoms in total. The first-order valence-electron chi connectivity index (χ1n) is 9.41. The average molecular weight is 498 g/mol. The molecule has 3 rings (SSSR count). The van der Waals surface area contributed by atoms with E-state index < -0.39 is 11.8 Å². The van der Waals surface area contributed by atoms with E-state index in [9.17, 15) is 9.59 Å². The van der Waals surface area contributed by atoms with E-state index in [0.29, 0.717) is 5.75 Å². The van der Waals surface area contributed by atoms with Crippen molar-refractivity contribution in [2.75, 3.05) is 6.61 Å². The van der Waals surface area contributed by atoms with Gasteiger partial charge in [-0.25, -0.2) is 0 Å². The van der Waals surface area contributed by atoms with Gasteiger partial charge in [-0.2, -0.15) is 0 Å². The molecule has 0 atom stereocenters. The smallest absolute Gasteiger partial charge is 0.264 e. The molecular weight excluding hydrogens is 478 g/mol. The van der Waals surface area contributed by atoms with E-state index in [1.54, 1.807) is 12.1 Å². The van der Waals surface area contributed by atoms with Gasteiger partial charge in [0.1, 0.15) is 5.75 Å². The molecule has 0 fully saturated rings. The largest absolute Gasteiger partial charge is 0.484 e. The van der Waals surface area contributed by atoms with Crippen molar-refractivity contribution in [3.05, 3.63) is 101 Å². The fraction of sp³-hybridized carbons (Fsp3) is 0.0870. The van der Waals surface area contributed by atoms with Crippen LogP contribution in [0.3, 0.4) is 0 Å². The van der Waals surface area contributed by atoms with E-state index in [0.717, 1.165) is 15.6 Å². The van der Waals surface area contributed by atoms with Gasteiger partial charge in [-0.1, -0.05) is 76.6 Å². The molecule has 0 saturated heterocycles. The van der Waals surface area contributed by atoms with Gasteiger partial charge in [0, 0.05) is 4.47 Å². The SMILES string of the molecule is O=C(COc1ccc(Br)cc1)NC(=S)NNC(=O)C(c1ccccc1)c1ccccc1. The Bertz CT molecular complexity index is 991. The number of nitrogens with one attached hydrogen (secondary N) is 3. The quantitative estimate of drug-likeness (QED) is 0.357. The first kappa shape index (κ1) is 22.5. The van der Waals surface area contributed by atoms with Crippen molar-refractivity contribution >= 4 is 45.1 Å². The Labute approximate surface area is 194 Å². The zero-order chi connectivity index (χ0) is 22.1. The van der Waals surface area contributed by atoms with Crippen LogP contribution >= 0.6 is 28.1 Å². The summed E-state index contributed by atoms with van der Waals surface area (Å²) in [6, 6.07) is 25.9. The highest BCUT2D eigenvalue weighted by Crippen LogP contribution is 2.24. The number of hydrazine groups is 1. The standard InChI is InChI=1S/C23H20BrN3O3S/c24-18-11-13-19(14-12-18)30-15-20(28)25-23(31)27-26-22(29)21(16-7-3-1-4-8-16)17-9-5-2-6-10-17/h1-14,21H,15H2,(H,26,29)(H2,25,27,28,31). The Balaban J connectivity index is 1.53. The Hall–Kier alpha value is -3.23. The van der Waals surface area contributed by atoms with Crippen molar-refractivity contribution in [1.29, 1.82) is 0 Å². The second-order valence-corrected chi connectivity index (χ2v) is 7.81. The minimum atomic E-state index is -0.533.